The van der Waals surface area contributed by atoms with Gasteiger partial charge in [-0.3, -0.25) is 9.59 Å². The van der Waals surface area contributed by atoms with Crippen LogP contribution in [0.4, 0.5) is 0 Å². The summed E-state index contributed by atoms with van der Waals surface area (Å²) in [5.74, 6) is -2.78. The molecule has 1 saturated heterocycles. The monoisotopic (exact) mass is 243 g/mol. The summed E-state index contributed by atoms with van der Waals surface area (Å²) in [6.45, 7) is 9.27. The third-order valence-electron chi connectivity index (χ3n) is 2.94. The average Bonchev–Trinajstić information content (AvgIpc) is 2.37. The second-order valence-corrected chi connectivity index (χ2v) is 6.06. The molecule has 0 aromatic carbocycles. The summed E-state index contributed by atoms with van der Waals surface area (Å²) in [5, 5.41) is 12.2. The van der Waals surface area contributed by atoms with Gasteiger partial charge in [0.05, 0.1) is 11.8 Å². The molecule has 1 heterocycles. The molecule has 1 fully saturated rings. The van der Waals surface area contributed by atoms with E-state index in [4.69, 9.17) is 9.84 Å². The van der Waals surface area contributed by atoms with E-state index in [-0.39, 0.29) is 0 Å². The molecule has 0 aliphatic carbocycles. The summed E-state index contributed by atoms with van der Waals surface area (Å²) in [7, 11) is 0. The largest absolute Gasteiger partial charge is 0.481 e. The van der Waals surface area contributed by atoms with Gasteiger partial charge in [0.2, 0.25) is 0 Å². The first-order valence-electron chi connectivity index (χ1n) is 5.75. The van der Waals surface area contributed by atoms with Gasteiger partial charge in [0.15, 0.2) is 0 Å². The normalized spacial score (nSPS) is 27.8. The van der Waals surface area contributed by atoms with E-state index in [0.29, 0.717) is 6.54 Å². The number of esters is 1. The molecule has 98 valence electrons. The number of hydrogen-bond acceptors (Lipinski definition) is 4. The van der Waals surface area contributed by atoms with Crippen LogP contribution in [0.2, 0.25) is 0 Å². The number of nitrogens with one attached hydrogen (secondary N) is 1. The molecule has 1 aliphatic heterocycles. The van der Waals surface area contributed by atoms with Crippen molar-refractivity contribution in [1.29, 1.82) is 0 Å². The van der Waals surface area contributed by atoms with Gasteiger partial charge in [-0.25, -0.2) is 0 Å². The van der Waals surface area contributed by atoms with Gasteiger partial charge in [0.1, 0.15) is 5.60 Å². The number of carboxylic acids is 1. The van der Waals surface area contributed by atoms with Gasteiger partial charge in [0.25, 0.3) is 0 Å². The van der Waals surface area contributed by atoms with Gasteiger partial charge in [-0.2, -0.15) is 0 Å². The van der Waals surface area contributed by atoms with Crippen LogP contribution in [0.3, 0.4) is 0 Å². The summed E-state index contributed by atoms with van der Waals surface area (Å²) in [5.41, 5.74) is -1.15. The zero-order chi connectivity index (χ0) is 13.4. The number of carbonyl (C=O) groups excluding carboxylic acids is 1. The Morgan fingerprint density at radius 1 is 1.35 bits per heavy atom. The second-order valence-electron chi connectivity index (χ2n) is 6.06. The van der Waals surface area contributed by atoms with E-state index >= 15 is 0 Å². The third-order valence-corrected chi connectivity index (χ3v) is 2.94. The highest BCUT2D eigenvalue weighted by atomic mass is 16.6. The Balaban J connectivity index is 2.90. The third kappa shape index (κ3) is 3.19. The number of ether oxygens (including phenoxy) is 1. The van der Waals surface area contributed by atoms with Gasteiger partial charge in [-0.1, -0.05) is 0 Å². The SMILES string of the molecule is CC(C)(C)OC(=O)[C@H]1C(C(=O)O)CNC1(C)C. The smallest absolute Gasteiger partial charge is 0.312 e. The van der Waals surface area contributed by atoms with E-state index in [0.717, 1.165) is 0 Å². The fourth-order valence-corrected chi connectivity index (χ4v) is 2.16. The van der Waals surface area contributed by atoms with Crippen LogP contribution in [0, 0.1) is 11.8 Å². The van der Waals surface area contributed by atoms with Crippen LogP contribution < -0.4 is 5.32 Å². The number of hydrogen-bond donors (Lipinski definition) is 2. The first-order valence-corrected chi connectivity index (χ1v) is 5.75. The summed E-state index contributed by atoms with van der Waals surface area (Å²) < 4.78 is 5.30. The Bertz CT molecular complexity index is 330. The Morgan fingerprint density at radius 3 is 2.29 bits per heavy atom. The minimum absolute atomic E-state index is 0.298. The lowest BCUT2D eigenvalue weighted by molar-refractivity contribution is -0.167. The highest BCUT2D eigenvalue weighted by Crippen LogP contribution is 2.33. The fourth-order valence-electron chi connectivity index (χ4n) is 2.16. The molecule has 17 heavy (non-hydrogen) atoms. The maximum Gasteiger partial charge on any atom is 0.312 e. The Labute approximate surface area is 102 Å². The Hall–Kier alpha value is -1.10. The zero-order valence-electron chi connectivity index (χ0n) is 11.0. The van der Waals surface area contributed by atoms with Crippen LogP contribution in [0.5, 0.6) is 0 Å². The van der Waals surface area contributed by atoms with E-state index in [2.05, 4.69) is 5.32 Å². The van der Waals surface area contributed by atoms with Crippen molar-refractivity contribution >= 4 is 11.9 Å². The molecule has 1 unspecified atom stereocenters. The minimum atomic E-state index is -0.959. The van der Waals surface area contributed by atoms with Crippen molar-refractivity contribution in [3.8, 4) is 0 Å². The molecule has 0 aromatic rings. The van der Waals surface area contributed by atoms with Gasteiger partial charge in [-0.15, -0.1) is 0 Å². The number of carbonyl (C=O) groups is 2. The molecule has 2 atom stereocenters. The fraction of sp³-hybridized carbons (Fsp3) is 0.833. The van der Waals surface area contributed by atoms with Crippen molar-refractivity contribution in [2.45, 2.75) is 45.8 Å². The molecule has 0 amide bonds. The van der Waals surface area contributed by atoms with Crippen molar-refractivity contribution in [1.82, 2.24) is 5.32 Å². The van der Waals surface area contributed by atoms with E-state index in [1.807, 2.05) is 13.8 Å². The Kier molecular flexibility index (Phi) is 3.52. The molecular weight excluding hydrogens is 222 g/mol. The van der Waals surface area contributed by atoms with Crippen molar-refractivity contribution in [2.24, 2.45) is 11.8 Å². The van der Waals surface area contributed by atoms with Crippen LogP contribution in [0.25, 0.3) is 0 Å². The topological polar surface area (TPSA) is 75.6 Å². The van der Waals surface area contributed by atoms with E-state index in [1.165, 1.54) is 0 Å². The van der Waals surface area contributed by atoms with Crippen molar-refractivity contribution in [3.63, 3.8) is 0 Å². The van der Waals surface area contributed by atoms with E-state index in [1.54, 1.807) is 20.8 Å². The van der Waals surface area contributed by atoms with Crippen LogP contribution in [-0.4, -0.2) is 34.7 Å². The standard InChI is InChI=1S/C12H21NO4/c1-11(2,3)17-10(16)8-7(9(14)15)6-13-12(8,4)5/h7-8,13H,6H2,1-5H3,(H,14,15)/t7?,8-/m1/s1. The van der Waals surface area contributed by atoms with Crippen molar-refractivity contribution in [2.75, 3.05) is 6.54 Å². The number of rotatable bonds is 2. The molecule has 1 rings (SSSR count). The molecule has 0 aromatic heterocycles. The van der Waals surface area contributed by atoms with Crippen LogP contribution in [-0.2, 0) is 14.3 Å². The zero-order valence-corrected chi connectivity index (χ0v) is 11.0. The summed E-state index contributed by atoms with van der Waals surface area (Å²) in [4.78, 5) is 23.2. The molecule has 0 saturated carbocycles. The minimum Gasteiger partial charge on any atom is -0.481 e. The lowest BCUT2D eigenvalue weighted by Gasteiger charge is -2.30. The molecule has 0 bridgehead atoms. The van der Waals surface area contributed by atoms with E-state index < -0.39 is 34.9 Å². The molecular formula is C12H21NO4. The second kappa shape index (κ2) is 4.29. The van der Waals surface area contributed by atoms with Gasteiger partial charge < -0.3 is 15.2 Å². The van der Waals surface area contributed by atoms with Crippen LogP contribution >= 0.6 is 0 Å². The lowest BCUT2D eigenvalue weighted by atomic mass is 9.82. The van der Waals surface area contributed by atoms with E-state index in [9.17, 15) is 9.59 Å². The maximum atomic E-state index is 12.1. The van der Waals surface area contributed by atoms with Gasteiger partial charge in [-0.05, 0) is 34.6 Å². The number of carboxylic acid groups (broad SMARTS) is 1. The van der Waals surface area contributed by atoms with Crippen LogP contribution in [0.1, 0.15) is 34.6 Å². The molecule has 2 N–H and O–H groups in total. The quantitative estimate of drug-likeness (QED) is 0.708. The maximum absolute atomic E-state index is 12.1. The van der Waals surface area contributed by atoms with Crippen molar-refractivity contribution in [3.05, 3.63) is 0 Å². The number of aliphatic carboxylic acids is 1. The summed E-state index contributed by atoms with van der Waals surface area (Å²) >= 11 is 0. The van der Waals surface area contributed by atoms with Gasteiger partial charge >= 0.3 is 11.9 Å². The van der Waals surface area contributed by atoms with Gasteiger partial charge in [0, 0.05) is 12.1 Å². The Morgan fingerprint density at radius 2 is 1.88 bits per heavy atom. The highest BCUT2D eigenvalue weighted by Gasteiger charge is 2.51. The lowest BCUT2D eigenvalue weighted by Crippen LogP contribution is -2.45. The first kappa shape index (κ1) is 14.0. The van der Waals surface area contributed by atoms with Crippen molar-refractivity contribution < 1.29 is 19.4 Å². The van der Waals surface area contributed by atoms with Crippen LogP contribution in [0.15, 0.2) is 0 Å². The highest BCUT2D eigenvalue weighted by molar-refractivity contribution is 5.83. The average molecular weight is 243 g/mol. The molecule has 1 aliphatic rings. The first-order chi connectivity index (χ1) is 7.54. The molecule has 0 radical (unpaired) electrons. The summed E-state index contributed by atoms with van der Waals surface area (Å²) in [6.07, 6.45) is 0. The molecule has 5 heteroatoms. The predicted octanol–water partition coefficient (Wildman–Crippen LogP) is 1.03. The molecule has 0 spiro atoms. The summed E-state index contributed by atoms with van der Waals surface area (Å²) in [6, 6.07) is 0. The predicted molar refractivity (Wildman–Crippen MR) is 62.5 cm³/mol. The molecule has 5 nitrogen and oxygen atoms in total.